The van der Waals surface area contributed by atoms with Crippen molar-refractivity contribution in [3.63, 3.8) is 0 Å². The number of halogens is 5. The maximum atomic E-state index is 12.0. The fourth-order valence-corrected chi connectivity index (χ4v) is 3.56. The van der Waals surface area contributed by atoms with Gasteiger partial charge in [0.25, 0.3) is 0 Å². The van der Waals surface area contributed by atoms with Crippen molar-refractivity contribution in [2.75, 3.05) is 5.32 Å². The Kier molecular flexibility index (Phi) is 4.98. The standard InChI is InChI=1S/C12H8Br2F3NOS/c13-10-5-9(20-11(10)14)6-18-7-1-3-8(4-2-7)19-12(15,16)17/h1-5,18H,6H2. The van der Waals surface area contributed by atoms with E-state index in [0.29, 0.717) is 6.54 Å². The van der Waals surface area contributed by atoms with Gasteiger partial charge >= 0.3 is 6.36 Å². The van der Waals surface area contributed by atoms with E-state index in [4.69, 9.17) is 0 Å². The van der Waals surface area contributed by atoms with Crippen molar-refractivity contribution in [3.05, 3.63) is 43.5 Å². The molecular weight excluding hydrogens is 423 g/mol. The molecule has 0 aliphatic carbocycles. The molecule has 0 bridgehead atoms. The molecule has 0 atom stereocenters. The van der Waals surface area contributed by atoms with Crippen LogP contribution in [-0.2, 0) is 6.54 Å². The Bertz CT molecular complexity index is 564. The number of alkyl halides is 3. The van der Waals surface area contributed by atoms with E-state index < -0.39 is 6.36 Å². The molecule has 2 aromatic rings. The molecule has 108 valence electrons. The largest absolute Gasteiger partial charge is 0.573 e. The molecule has 2 nitrogen and oxygen atoms in total. The van der Waals surface area contributed by atoms with Crippen LogP contribution in [0.3, 0.4) is 0 Å². The van der Waals surface area contributed by atoms with Gasteiger partial charge in [-0.2, -0.15) is 0 Å². The van der Waals surface area contributed by atoms with Crippen LogP contribution in [0.2, 0.25) is 0 Å². The summed E-state index contributed by atoms with van der Waals surface area (Å²) in [7, 11) is 0. The van der Waals surface area contributed by atoms with Crippen LogP contribution in [0.25, 0.3) is 0 Å². The first kappa shape index (κ1) is 15.7. The Morgan fingerprint density at radius 3 is 2.30 bits per heavy atom. The Morgan fingerprint density at radius 2 is 1.80 bits per heavy atom. The number of benzene rings is 1. The smallest absolute Gasteiger partial charge is 0.406 e. The molecule has 0 saturated carbocycles. The average molecular weight is 431 g/mol. The molecule has 8 heteroatoms. The molecule has 0 spiro atoms. The minimum Gasteiger partial charge on any atom is -0.406 e. The Morgan fingerprint density at radius 1 is 1.15 bits per heavy atom. The van der Waals surface area contributed by atoms with Crippen LogP contribution in [-0.4, -0.2) is 6.36 Å². The number of ether oxygens (including phenoxy) is 1. The summed E-state index contributed by atoms with van der Waals surface area (Å²) in [5, 5.41) is 3.12. The summed E-state index contributed by atoms with van der Waals surface area (Å²) in [6, 6.07) is 7.60. The SMILES string of the molecule is FC(F)(F)Oc1ccc(NCc2cc(Br)c(Br)s2)cc1. The van der Waals surface area contributed by atoms with Crippen LogP contribution in [0.5, 0.6) is 5.75 Å². The number of hydrogen-bond donors (Lipinski definition) is 1. The second-order valence-electron chi connectivity index (χ2n) is 3.76. The molecule has 0 fully saturated rings. The molecule has 20 heavy (non-hydrogen) atoms. The minimum absolute atomic E-state index is 0.232. The molecule has 0 aliphatic heterocycles. The second kappa shape index (κ2) is 6.36. The van der Waals surface area contributed by atoms with Gasteiger partial charge in [0.15, 0.2) is 0 Å². The second-order valence-corrected chi connectivity index (χ2v) is 7.07. The van der Waals surface area contributed by atoms with Gasteiger partial charge in [-0.05, 0) is 62.2 Å². The van der Waals surface area contributed by atoms with Crippen LogP contribution in [0.1, 0.15) is 4.88 Å². The summed E-state index contributed by atoms with van der Waals surface area (Å²) in [4.78, 5) is 1.10. The van der Waals surface area contributed by atoms with Crippen molar-refractivity contribution in [1.29, 1.82) is 0 Å². The average Bonchev–Trinajstić information content (AvgIpc) is 2.66. The van der Waals surface area contributed by atoms with Crippen molar-refractivity contribution in [2.45, 2.75) is 12.9 Å². The molecule has 0 saturated heterocycles. The minimum atomic E-state index is -4.66. The number of anilines is 1. The van der Waals surface area contributed by atoms with Gasteiger partial charge in [-0.25, -0.2) is 0 Å². The molecule has 1 aromatic carbocycles. The maximum Gasteiger partial charge on any atom is 0.573 e. The Labute approximate surface area is 134 Å². The summed E-state index contributed by atoms with van der Waals surface area (Å²) < 4.78 is 41.8. The first-order chi connectivity index (χ1) is 9.33. The quantitative estimate of drug-likeness (QED) is 0.663. The van der Waals surface area contributed by atoms with E-state index in [1.807, 2.05) is 6.07 Å². The molecule has 1 aromatic heterocycles. The van der Waals surface area contributed by atoms with Crippen molar-refractivity contribution < 1.29 is 17.9 Å². The highest BCUT2D eigenvalue weighted by atomic mass is 79.9. The Balaban J connectivity index is 1.94. The maximum absolute atomic E-state index is 12.0. The summed E-state index contributed by atoms with van der Waals surface area (Å²) in [5.41, 5.74) is 0.722. The van der Waals surface area contributed by atoms with Crippen molar-refractivity contribution in [3.8, 4) is 5.75 Å². The number of hydrogen-bond acceptors (Lipinski definition) is 3. The molecule has 2 rings (SSSR count). The number of thiophene rings is 1. The lowest BCUT2D eigenvalue weighted by Crippen LogP contribution is -2.17. The van der Waals surface area contributed by atoms with E-state index in [9.17, 15) is 13.2 Å². The van der Waals surface area contributed by atoms with Gasteiger partial charge in [0, 0.05) is 21.6 Å². The highest BCUT2D eigenvalue weighted by molar-refractivity contribution is 9.13. The fraction of sp³-hybridized carbons (Fsp3) is 0.167. The van der Waals surface area contributed by atoms with E-state index in [1.165, 1.54) is 12.1 Å². The zero-order valence-electron chi connectivity index (χ0n) is 9.80. The van der Waals surface area contributed by atoms with Crippen molar-refractivity contribution >= 4 is 48.9 Å². The zero-order chi connectivity index (χ0) is 14.8. The van der Waals surface area contributed by atoms with Gasteiger partial charge in [0.2, 0.25) is 0 Å². The molecule has 1 heterocycles. The van der Waals surface area contributed by atoms with Crippen LogP contribution >= 0.6 is 43.2 Å². The van der Waals surface area contributed by atoms with Crippen LogP contribution < -0.4 is 10.1 Å². The van der Waals surface area contributed by atoms with Gasteiger partial charge in [-0.1, -0.05) is 0 Å². The highest BCUT2D eigenvalue weighted by Gasteiger charge is 2.30. The van der Waals surface area contributed by atoms with Gasteiger partial charge in [0.1, 0.15) is 5.75 Å². The first-order valence-corrected chi connectivity index (χ1v) is 7.77. The summed E-state index contributed by atoms with van der Waals surface area (Å²) in [6.07, 6.45) is -4.66. The summed E-state index contributed by atoms with van der Waals surface area (Å²) >= 11 is 8.37. The topological polar surface area (TPSA) is 21.3 Å². The third-order valence-electron chi connectivity index (χ3n) is 2.25. The van der Waals surface area contributed by atoms with Gasteiger partial charge in [-0.15, -0.1) is 24.5 Å². The zero-order valence-corrected chi connectivity index (χ0v) is 13.8. The third-order valence-corrected chi connectivity index (χ3v) is 5.51. The van der Waals surface area contributed by atoms with Gasteiger partial charge < -0.3 is 10.1 Å². The molecule has 1 N–H and O–H groups in total. The number of nitrogens with one attached hydrogen (secondary N) is 1. The number of rotatable bonds is 4. The summed E-state index contributed by atoms with van der Waals surface area (Å²) in [5.74, 6) is -0.232. The fourth-order valence-electron chi connectivity index (χ4n) is 1.44. The lowest BCUT2D eigenvalue weighted by molar-refractivity contribution is -0.274. The van der Waals surface area contributed by atoms with E-state index in [0.717, 1.165) is 18.8 Å². The molecule has 0 unspecified atom stereocenters. The van der Waals surface area contributed by atoms with E-state index >= 15 is 0 Å². The molecular formula is C12H8Br2F3NOS. The Hall–Kier alpha value is -0.730. The first-order valence-electron chi connectivity index (χ1n) is 5.37. The molecule has 0 aliphatic rings. The van der Waals surface area contributed by atoms with E-state index in [-0.39, 0.29) is 5.75 Å². The van der Waals surface area contributed by atoms with Crippen LogP contribution in [0, 0.1) is 0 Å². The predicted molar refractivity (Wildman–Crippen MR) is 80.2 cm³/mol. The van der Waals surface area contributed by atoms with Crippen LogP contribution in [0.15, 0.2) is 38.6 Å². The monoisotopic (exact) mass is 429 g/mol. The highest BCUT2D eigenvalue weighted by Crippen LogP contribution is 2.32. The van der Waals surface area contributed by atoms with Gasteiger partial charge in [-0.3, -0.25) is 0 Å². The lowest BCUT2D eigenvalue weighted by Gasteiger charge is -2.10. The van der Waals surface area contributed by atoms with E-state index in [2.05, 4.69) is 41.9 Å². The van der Waals surface area contributed by atoms with Crippen molar-refractivity contribution in [2.24, 2.45) is 0 Å². The lowest BCUT2D eigenvalue weighted by atomic mass is 10.3. The van der Waals surface area contributed by atoms with Gasteiger partial charge in [0.05, 0.1) is 3.79 Å². The summed E-state index contributed by atoms with van der Waals surface area (Å²) in [6.45, 7) is 0.592. The third kappa shape index (κ3) is 4.68. The normalized spacial score (nSPS) is 11.4. The van der Waals surface area contributed by atoms with E-state index in [1.54, 1.807) is 23.5 Å². The van der Waals surface area contributed by atoms with Crippen molar-refractivity contribution in [1.82, 2.24) is 0 Å². The molecule has 0 amide bonds. The predicted octanol–water partition coefficient (Wildman–Crippen LogP) is 5.78. The van der Waals surface area contributed by atoms with Crippen LogP contribution in [0.4, 0.5) is 18.9 Å². The molecule has 0 radical (unpaired) electrons.